The molecule has 0 fully saturated rings. The fourth-order valence-corrected chi connectivity index (χ4v) is 1.69. The van der Waals surface area contributed by atoms with Gasteiger partial charge >= 0.3 is 0 Å². The molecule has 0 aliphatic rings. The first-order valence-electron chi connectivity index (χ1n) is 5.33. The molecule has 0 spiro atoms. The van der Waals surface area contributed by atoms with Crippen LogP contribution < -0.4 is 10.5 Å². The van der Waals surface area contributed by atoms with E-state index in [0.717, 1.165) is 38.2 Å². The summed E-state index contributed by atoms with van der Waals surface area (Å²) in [6.45, 7) is 1.57. The number of benzene rings is 1. The third kappa shape index (κ3) is 5.09. The van der Waals surface area contributed by atoms with Crippen molar-refractivity contribution >= 4 is 11.8 Å². The van der Waals surface area contributed by atoms with Crippen molar-refractivity contribution in [1.82, 2.24) is 0 Å². The van der Waals surface area contributed by atoms with Crippen LogP contribution in [0.3, 0.4) is 0 Å². The van der Waals surface area contributed by atoms with Crippen molar-refractivity contribution in [3.05, 3.63) is 24.3 Å². The van der Waals surface area contributed by atoms with Gasteiger partial charge in [0.15, 0.2) is 0 Å². The van der Waals surface area contributed by atoms with Crippen molar-refractivity contribution in [3.63, 3.8) is 0 Å². The fourth-order valence-electron chi connectivity index (χ4n) is 1.29. The second-order valence-corrected chi connectivity index (χ2v) is 4.25. The second kappa shape index (κ2) is 7.60. The maximum atomic E-state index is 5.60. The minimum absolute atomic E-state index is 0.780. The van der Waals surface area contributed by atoms with Crippen LogP contribution in [-0.2, 0) is 0 Å². The lowest BCUT2D eigenvalue weighted by Crippen LogP contribution is -2.01. The molecule has 0 heterocycles. The van der Waals surface area contributed by atoms with Crippen molar-refractivity contribution in [2.75, 3.05) is 19.4 Å². The average Bonchev–Trinajstić information content (AvgIpc) is 2.30. The van der Waals surface area contributed by atoms with Crippen molar-refractivity contribution in [2.24, 2.45) is 5.73 Å². The van der Waals surface area contributed by atoms with E-state index >= 15 is 0 Å². The van der Waals surface area contributed by atoms with Gasteiger partial charge in [0.2, 0.25) is 0 Å². The minimum Gasteiger partial charge on any atom is -0.494 e. The largest absolute Gasteiger partial charge is 0.494 e. The summed E-state index contributed by atoms with van der Waals surface area (Å²) in [6.07, 6.45) is 5.40. The van der Waals surface area contributed by atoms with E-state index in [1.165, 1.54) is 4.90 Å². The molecule has 0 bridgehead atoms. The molecule has 3 heteroatoms. The van der Waals surface area contributed by atoms with Gasteiger partial charge in [0.05, 0.1) is 6.61 Å². The second-order valence-electron chi connectivity index (χ2n) is 3.37. The van der Waals surface area contributed by atoms with Crippen molar-refractivity contribution in [1.29, 1.82) is 0 Å². The Labute approximate surface area is 96.2 Å². The molecule has 2 N–H and O–H groups in total. The fraction of sp³-hybridized carbons (Fsp3) is 0.500. The molecule has 0 saturated carbocycles. The zero-order chi connectivity index (χ0) is 10.9. The van der Waals surface area contributed by atoms with E-state index in [9.17, 15) is 0 Å². The lowest BCUT2D eigenvalue weighted by Gasteiger charge is -2.06. The molecule has 0 amide bonds. The number of nitrogens with two attached hydrogens (primary N) is 1. The predicted octanol–water partition coefficient (Wildman–Crippen LogP) is 2.92. The zero-order valence-corrected chi connectivity index (χ0v) is 10.1. The minimum atomic E-state index is 0.780. The van der Waals surface area contributed by atoms with Gasteiger partial charge in [-0.1, -0.05) is 0 Å². The summed E-state index contributed by atoms with van der Waals surface area (Å²) in [5.74, 6) is 0.959. The molecular weight excluding hydrogens is 206 g/mol. The van der Waals surface area contributed by atoms with E-state index in [0.29, 0.717) is 0 Å². The summed E-state index contributed by atoms with van der Waals surface area (Å²) < 4.78 is 5.60. The smallest absolute Gasteiger partial charge is 0.119 e. The van der Waals surface area contributed by atoms with Gasteiger partial charge in [-0.3, -0.25) is 0 Å². The van der Waals surface area contributed by atoms with Crippen LogP contribution in [-0.4, -0.2) is 19.4 Å². The van der Waals surface area contributed by atoms with Gasteiger partial charge < -0.3 is 10.5 Å². The molecule has 1 aromatic carbocycles. The summed E-state index contributed by atoms with van der Waals surface area (Å²) in [7, 11) is 0. The Morgan fingerprint density at radius 1 is 1.13 bits per heavy atom. The van der Waals surface area contributed by atoms with Crippen LogP contribution in [0.2, 0.25) is 0 Å². The van der Waals surface area contributed by atoms with Gasteiger partial charge in [0, 0.05) is 4.90 Å². The van der Waals surface area contributed by atoms with Crippen molar-refractivity contribution in [3.8, 4) is 5.75 Å². The first kappa shape index (κ1) is 12.4. The molecule has 1 aromatic rings. The van der Waals surface area contributed by atoms with Gasteiger partial charge in [-0.25, -0.2) is 0 Å². The van der Waals surface area contributed by atoms with Crippen LogP contribution in [0.5, 0.6) is 5.75 Å². The van der Waals surface area contributed by atoms with Gasteiger partial charge in [-0.05, 0) is 56.3 Å². The van der Waals surface area contributed by atoms with Gasteiger partial charge in [-0.15, -0.1) is 11.8 Å². The Bertz CT molecular complexity index is 261. The van der Waals surface area contributed by atoms with E-state index in [4.69, 9.17) is 10.5 Å². The maximum absolute atomic E-state index is 5.60. The molecule has 2 nitrogen and oxygen atoms in total. The Kier molecular flexibility index (Phi) is 6.28. The highest BCUT2D eigenvalue weighted by molar-refractivity contribution is 7.98. The van der Waals surface area contributed by atoms with Gasteiger partial charge in [0.1, 0.15) is 5.75 Å². The molecule has 0 aromatic heterocycles. The lowest BCUT2D eigenvalue weighted by atomic mass is 10.2. The summed E-state index contributed by atoms with van der Waals surface area (Å²) in [4.78, 5) is 1.27. The van der Waals surface area contributed by atoms with Crippen molar-refractivity contribution < 1.29 is 4.74 Å². The number of ether oxygens (including phenoxy) is 1. The number of unbranched alkanes of at least 4 members (excludes halogenated alkanes) is 2. The monoisotopic (exact) mass is 225 g/mol. The zero-order valence-electron chi connectivity index (χ0n) is 9.24. The summed E-state index contributed by atoms with van der Waals surface area (Å²) in [5.41, 5.74) is 5.41. The molecule has 15 heavy (non-hydrogen) atoms. The Morgan fingerprint density at radius 2 is 1.87 bits per heavy atom. The quantitative estimate of drug-likeness (QED) is 0.572. The van der Waals surface area contributed by atoms with Crippen LogP contribution in [0, 0.1) is 0 Å². The molecule has 0 aliphatic heterocycles. The number of thioether (sulfide) groups is 1. The van der Waals surface area contributed by atoms with Crippen LogP contribution >= 0.6 is 11.8 Å². The van der Waals surface area contributed by atoms with E-state index in [2.05, 4.69) is 18.4 Å². The van der Waals surface area contributed by atoms with Gasteiger partial charge in [0.25, 0.3) is 0 Å². The lowest BCUT2D eigenvalue weighted by molar-refractivity contribution is 0.305. The molecular formula is C12H19NOS. The highest BCUT2D eigenvalue weighted by Gasteiger charge is 1.94. The Balaban J connectivity index is 2.20. The first-order chi connectivity index (χ1) is 7.36. The van der Waals surface area contributed by atoms with E-state index in [1.807, 2.05) is 12.1 Å². The number of hydrogen-bond donors (Lipinski definition) is 1. The summed E-state index contributed by atoms with van der Waals surface area (Å²) >= 11 is 1.74. The number of rotatable bonds is 7. The average molecular weight is 225 g/mol. The van der Waals surface area contributed by atoms with Crippen LogP contribution in [0.15, 0.2) is 29.2 Å². The molecule has 1 rings (SSSR count). The van der Waals surface area contributed by atoms with Crippen LogP contribution in [0.1, 0.15) is 19.3 Å². The molecule has 0 aliphatic carbocycles. The molecule has 0 saturated heterocycles. The highest BCUT2D eigenvalue weighted by Crippen LogP contribution is 2.19. The molecule has 0 atom stereocenters. The SMILES string of the molecule is CSc1ccc(OCCCCCN)cc1. The van der Waals surface area contributed by atoms with E-state index < -0.39 is 0 Å². The third-order valence-corrected chi connectivity index (χ3v) is 2.92. The topological polar surface area (TPSA) is 35.2 Å². The summed E-state index contributed by atoms with van der Waals surface area (Å²) in [6, 6.07) is 8.21. The maximum Gasteiger partial charge on any atom is 0.119 e. The highest BCUT2D eigenvalue weighted by atomic mass is 32.2. The van der Waals surface area contributed by atoms with E-state index in [-0.39, 0.29) is 0 Å². The standard InChI is InChI=1S/C12H19NOS/c1-15-12-7-5-11(6-8-12)14-10-4-2-3-9-13/h5-8H,2-4,9-10,13H2,1H3. The van der Waals surface area contributed by atoms with Crippen molar-refractivity contribution in [2.45, 2.75) is 24.2 Å². The number of hydrogen-bond acceptors (Lipinski definition) is 3. The molecule has 84 valence electrons. The molecule has 0 unspecified atom stereocenters. The normalized spacial score (nSPS) is 10.3. The Hall–Kier alpha value is -0.670. The Morgan fingerprint density at radius 3 is 2.47 bits per heavy atom. The predicted molar refractivity (Wildman–Crippen MR) is 66.6 cm³/mol. The van der Waals surface area contributed by atoms with Crippen LogP contribution in [0.25, 0.3) is 0 Å². The van der Waals surface area contributed by atoms with E-state index in [1.54, 1.807) is 11.8 Å². The first-order valence-corrected chi connectivity index (χ1v) is 6.56. The van der Waals surface area contributed by atoms with Gasteiger partial charge in [-0.2, -0.15) is 0 Å². The van der Waals surface area contributed by atoms with Crippen LogP contribution in [0.4, 0.5) is 0 Å². The third-order valence-electron chi connectivity index (χ3n) is 2.18. The summed E-state index contributed by atoms with van der Waals surface area (Å²) in [5, 5.41) is 0. The molecule has 0 radical (unpaired) electrons.